The summed E-state index contributed by atoms with van der Waals surface area (Å²) in [5.41, 5.74) is 2.88. The first-order valence-corrected chi connectivity index (χ1v) is 9.29. The van der Waals surface area contributed by atoms with Crippen molar-refractivity contribution in [3.63, 3.8) is 0 Å². The lowest BCUT2D eigenvalue weighted by Crippen LogP contribution is -2.51. The molecule has 3 heterocycles. The number of aromatic nitrogens is 2. The van der Waals surface area contributed by atoms with Gasteiger partial charge in [0.1, 0.15) is 11.2 Å². The molecule has 1 amide bonds. The fourth-order valence-corrected chi connectivity index (χ4v) is 3.73. The molecule has 0 bridgehead atoms. The van der Waals surface area contributed by atoms with Gasteiger partial charge in [-0.1, -0.05) is 6.92 Å². The van der Waals surface area contributed by atoms with Crippen LogP contribution in [0.25, 0.3) is 11.0 Å². The zero-order valence-electron chi connectivity index (χ0n) is 16.7. The Bertz CT molecular complexity index is 806. The van der Waals surface area contributed by atoms with Crippen molar-refractivity contribution in [2.45, 2.75) is 52.7 Å². The first kappa shape index (κ1) is 18.5. The topological polar surface area (TPSA) is 59.4 Å². The maximum atomic E-state index is 12.2. The fourth-order valence-electron chi connectivity index (χ4n) is 3.73. The third-order valence-electron chi connectivity index (χ3n) is 4.87. The second-order valence-electron chi connectivity index (χ2n) is 8.50. The van der Waals surface area contributed by atoms with Crippen LogP contribution >= 0.6 is 0 Å². The Labute approximate surface area is 155 Å². The van der Waals surface area contributed by atoms with Crippen molar-refractivity contribution in [2.75, 3.05) is 18.0 Å². The SMILES string of the molecule is Cc1cc2c(N3C[C@@H](C)C[C@@H](NC(=O)OC(C)(C)C)C3)ccnc2n1C. The predicted octanol–water partition coefficient (Wildman–Crippen LogP) is 3.62. The minimum atomic E-state index is -0.483. The summed E-state index contributed by atoms with van der Waals surface area (Å²) >= 11 is 0. The van der Waals surface area contributed by atoms with Crippen molar-refractivity contribution < 1.29 is 9.53 Å². The molecule has 26 heavy (non-hydrogen) atoms. The van der Waals surface area contributed by atoms with E-state index in [-0.39, 0.29) is 12.1 Å². The van der Waals surface area contributed by atoms with Crippen LogP contribution in [-0.2, 0) is 11.8 Å². The standard InChI is InChI=1S/C20H30N4O2/c1-13-9-15(22-19(25)26-20(3,4)5)12-24(11-13)17-7-8-21-18-16(17)10-14(2)23(18)6/h7-8,10,13,15H,9,11-12H2,1-6H3,(H,22,25)/t13-,15+/m0/s1. The highest BCUT2D eigenvalue weighted by Gasteiger charge is 2.29. The van der Waals surface area contributed by atoms with Crippen LogP contribution in [0.5, 0.6) is 0 Å². The van der Waals surface area contributed by atoms with Crippen LogP contribution in [0.4, 0.5) is 10.5 Å². The van der Waals surface area contributed by atoms with E-state index in [0.717, 1.165) is 30.5 Å². The number of nitrogens with one attached hydrogen (secondary N) is 1. The average Bonchev–Trinajstić information content (AvgIpc) is 2.79. The van der Waals surface area contributed by atoms with E-state index in [0.29, 0.717) is 5.92 Å². The lowest BCUT2D eigenvalue weighted by atomic mass is 9.95. The van der Waals surface area contributed by atoms with Crippen LogP contribution in [0.1, 0.15) is 39.8 Å². The Morgan fingerprint density at radius 1 is 1.35 bits per heavy atom. The van der Waals surface area contributed by atoms with Crippen molar-refractivity contribution in [1.29, 1.82) is 0 Å². The van der Waals surface area contributed by atoms with E-state index in [4.69, 9.17) is 4.74 Å². The van der Waals surface area contributed by atoms with Crippen LogP contribution < -0.4 is 10.2 Å². The highest BCUT2D eigenvalue weighted by Crippen LogP contribution is 2.31. The number of piperidine rings is 1. The van der Waals surface area contributed by atoms with Gasteiger partial charge in [-0.3, -0.25) is 0 Å². The summed E-state index contributed by atoms with van der Waals surface area (Å²) in [7, 11) is 2.04. The van der Waals surface area contributed by atoms with Crippen LogP contribution in [0, 0.1) is 12.8 Å². The van der Waals surface area contributed by atoms with Crippen LogP contribution in [-0.4, -0.2) is 40.4 Å². The van der Waals surface area contributed by atoms with Gasteiger partial charge < -0.3 is 19.5 Å². The number of anilines is 1. The molecule has 1 aliphatic heterocycles. The number of ether oxygens (including phenoxy) is 1. The van der Waals surface area contributed by atoms with Crippen molar-refractivity contribution in [2.24, 2.45) is 13.0 Å². The zero-order chi connectivity index (χ0) is 19.1. The summed E-state index contributed by atoms with van der Waals surface area (Å²) in [6.45, 7) is 11.7. The number of hydrogen-bond acceptors (Lipinski definition) is 4. The van der Waals surface area contributed by atoms with Crippen molar-refractivity contribution in [3.8, 4) is 0 Å². The quantitative estimate of drug-likeness (QED) is 0.891. The first-order valence-electron chi connectivity index (χ1n) is 9.29. The minimum absolute atomic E-state index is 0.0709. The van der Waals surface area contributed by atoms with Crippen molar-refractivity contribution in [1.82, 2.24) is 14.9 Å². The number of fused-ring (bicyclic) bond motifs is 1. The van der Waals surface area contributed by atoms with Crippen LogP contribution in [0.2, 0.25) is 0 Å². The number of aryl methyl sites for hydroxylation is 2. The molecule has 3 rings (SSSR count). The number of rotatable bonds is 2. The lowest BCUT2D eigenvalue weighted by molar-refractivity contribution is 0.0495. The van der Waals surface area contributed by atoms with E-state index >= 15 is 0 Å². The van der Waals surface area contributed by atoms with Gasteiger partial charge in [0.05, 0.1) is 0 Å². The Balaban J connectivity index is 1.81. The Hall–Kier alpha value is -2.24. The number of carbonyl (C=O) groups excluding carboxylic acids is 1. The smallest absolute Gasteiger partial charge is 0.407 e. The predicted molar refractivity (Wildman–Crippen MR) is 105 cm³/mol. The summed E-state index contributed by atoms with van der Waals surface area (Å²) in [5, 5.41) is 4.21. The van der Waals surface area contributed by atoms with Gasteiger partial charge in [-0.05, 0) is 52.2 Å². The van der Waals surface area contributed by atoms with Gasteiger partial charge in [0.25, 0.3) is 0 Å². The van der Waals surface area contributed by atoms with Crippen LogP contribution in [0.15, 0.2) is 18.3 Å². The van der Waals surface area contributed by atoms with E-state index in [2.05, 4.69) is 45.7 Å². The molecule has 0 aromatic carbocycles. The van der Waals surface area contributed by atoms with Gasteiger partial charge in [0.15, 0.2) is 0 Å². The number of amides is 1. The molecule has 2 aromatic heterocycles. The Kier molecular flexibility index (Phi) is 4.86. The molecule has 0 aliphatic carbocycles. The molecule has 1 fully saturated rings. The molecule has 6 heteroatoms. The molecule has 1 aliphatic rings. The maximum absolute atomic E-state index is 12.2. The lowest BCUT2D eigenvalue weighted by Gasteiger charge is -2.38. The average molecular weight is 358 g/mol. The number of hydrogen-bond donors (Lipinski definition) is 1. The van der Waals surface area contributed by atoms with Gasteiger partial charge in [-0.2, -0.15) is 0 Å². The van der Waals surface area contributed by atoms with E-state index in [9.17, 15) is 4.79 Å². The normalized spacial score (nSPS) is 21.1. The molecule has 0 unspecified atom stereocenters. The molecule has 2 atom stereocenters. The molecule has 0 radical (unpaired) electrons. The third-order valence-corrected chi connectivity index (χ3v) is 4.87. The highest BCUT2D eigenvalue weighted by atomic mass is 16.6. The third kappa shape index (κ3) is 3.94. The second kappa shape index (κ2) is 6.82. The van der Waals surface area contributed by atoms with Gasteiger partial charge in [0, 0.05) is 49.1 Å². The molecule has 2 aromatic rings. The van der Waals surface area contributed by atoms with E-state index < -0.39 is 5.60 Å². The molecule has 1 N–H and O–H groups in total. The molecule has 6 nitrogen and oxygen atoms in total. The summed E-state index contributed by atoms with van der Waals surface area (Å²) < 4.78 is 7.54. The van der Waals surface area contributed by atoms with Gasteiger partial charge in [-0.15, -0.1) is 0 Å². The van der Waals surface area contributed by atoms with Gasteiger partial charge in [0.2, 0.25) is 0 Å². The largest absolute Gasteiger partial charge is 0.444 e. The van der Waals surface area contributed by atoms with Gasteiger partial charge >= 0.3 is 6.09 Å². The molecular weight excluding hydrogens is 328 g/mol. The van der Waals surface area contributed by atoms with Crippen molar-refractivity contribution >= 4 is 22.8 Å². The number of carbonyl (C=O) groups is 1. The molecule has 142 valence electrons. The summed E-state index contributed by atoms with van der Waals surface area (Å²) in [6, 6.07) is 4.33. The maximum Gasteiger partial charge on any atom is 0.407 e. The summed E-state index contributed by atoms with van der Waals surface area (Å²) in [5.74, 6) is 0.483. The second-order valence-corrected chi connectivity index (χ2v) is 8.50. The zero-order valence-corrected chi connectivity index (χ0v) is 16.7. The number of pyridine rings is 1. The molecular formula is C20H30N4O2. The molecule has 0 spiro atoms. The van der Waals surface area contributed by atoms with E-state index in [1.54, 1.807) is 0 Å². The van der Waals surface area contributed by atoms with Gasteiger partial charge in [-0.25, -0.2) is 9.78 Å². The number of alkyl carbamates (subject to hydrolysis) is 1. The van der Waals surface area contributed by atoms with E-state index in [1.807, 2.05) is 34.0 Å². The fraction of sp³-hybridized carbons (Fsp3) is 0.600. The van der Waals surface area contributed by atoms with Crippen LogP contribution in [0.3, 0.4) is 0 Å². The minimum Gasteiger partial charge on any atom is -0.444 e. The first-order chi connectivity index (χ1) is 12.1. The van der Waals surface area contributed by atoms with E-state index in [1.165, 1.54) is 11.4 Å². The number of nitrogens with zero attached hydrogens (tertiary/aromatic N) is 3. The summed E-state index contributed by atoms with van der Waals surface area (Å²) in [6.07, 6.45) is 2.48. The molecule has 1 saturated heterocycles. The Morgan fingerprint density at radius 3 is 2.77 bits per heavy atom. The molecule has 0 saturated carbocycles. The highest BCUT2D eigenvalue weighted by molar-refractivity contribution is 5.91. The monoisotopic (exact) mass is 358 g/mol. The summed E-state index contributed by atoms with van der Waals surface area (Å²) in [4.78, 5) is 19.1. The Morgan fingerprint density at radius 2 is 2.08 bits per heavy atom. The van der Waals surface area contributed by atoms with Crippen molar-refractivity contribution in [3.05, 3.63) is 24.0 Å².